The van der Waals surface area contributed by atoms with Gasteiger partial charge in [-0.25, -0.2) is 0 Å². The van der Waals surface area contributed by atoms with E-state index in [0.717, 1.165) is 12.8 Å². The highest BCUT2D eigenvalue weighted by atomic mass is 16.5. The molecule has 0 aliphatic carbocycles. The van der Waals surface area contributed by atoms with E-state index in [9.17, 15) is 5.11 Å². The lowest BCUT2D eigenvalue weighted by atomic mass is 9.83. The lowest BCUT2D eigenvalue weighted by Crippen LogP contribution is -2.31. The van der Waals surface area contributed by atoms with Crippen LogP contribution in [0.1, 0.15) is 47.5 Å². The molecule has 0 radical (unpaired) electrons. The molecule has 2 heterocycles. The Kier molecular flexibility index (Phi) is 4.35. The monoisotopic (exact) mass is 256 g/mol. The molecule has 1 N–H and O–H groups in total. The summed E-state index contributed by atoms with van der Waals surface area (Å²) in [5.41, 5.74) is 0. The van der Waals surface area contributed by atoms with Gasteiger partial charge in [0.05, 0.1) is 30.5 Å². The number of hydrogen-bond donors (Lipinski definition) is 1. The van der Waals surface area contributed by atoms with Gasteiger partial charge in [-0.05, 0) is 38.5 Å². The zero-order valence-electron chi connectivity index (χ0n) is 12.3. The van der Waals surface area contributed by atoms with Gasteiger partial charge in [0.2, 0.25) is 0 Å². The Hall–Kier alpha value is -0.120. The summed E-state index contributed by atoms with van der Waals surface area (Å²) in [6.07, 6.45) is 2.33. The van der Waals surface area contributed by atoms with Crippen molar-refractivity contribution in [3.8, 4) is 0 Å². The van der Waals surface area contributed by atoms with Crippen LogP contribution in [-0.4, -0.2) is 35.6 Å². The third-order valence-corrected chi connectivity index (χ3v) is 5.24. The van der Waals surface area contributed by atoms with E-state index in [-0.39, 0.29) is 30.3 Å². The van der Waals surface area contributed by atoms with Crippen LogP contribution in [0.15, 0.2) is 0 Å². The molecule has 2 aliphatic rings. The van der Waals surface area contributed by atoms with Gasteiger partial charge in [0.15, 0.2) is 0 Å². The number of aliphatic hydroxyl groups excluding tert-OH is 1. The average molecular weight is 256 g/mol. The SMILES string of the molecule is CCC1OC(C)C(O)C1CC1OC(C)C(C)C1C. The van der Waals surface area contributed by atoms with Crippen molar-refractivity contribution in [2.75, 3.05) is 0 Å². The maximum absolute atomic E-state index is 10.3. The van der Waals surface area contributed by atoms with E-state index < -0.39 is 0 Å². The van der Waals surface area contributed by atoms with Crippen LogP contribution in [0.5, 0.6) is 0 Å². The molecule has 2 saturated heterocycles. The first kappa shape index (κ1) is 14.3. The van der Waals surface area contributed by atoms with Crippen LogP contribution in [0.4, 0.5) is 0 Å². The standard InChI is InChI=1S/C15H28O3/c1-6-13-12(15(16)11(5)18-13)7-14-9(3)8(2)10(4)17-14/h8-16H,6-7H2,1-5H3. The van der Waals surface area contributed by atoms with Crippen LogP contribution in [0.2, 0.25) is 0 Å². The highest BCUT2D eigenvalue weighted by molar-refractivity contribution is 4.93. The van der Waals surface area contributed by atoms with Crippen LogP contribution < -0.4 is 0 Å². The van der Waals surface area contributed by atoms with Crippen LogP contribution in [0, 0.1) is 17.8 Å². The zero-order chi connectivity index (χ0) is 13.4. The van der Waals surface area contributed by atoms with Crippen LogP contribution >= 0.6 is 0 Å². The maximum atomic E-state index is 10.3. The number of ether oxygens (including phenoxy) is 2. The molecule has 3 nitrogen and oxygen atoms in total. The predicted octanol–water partition coefficient (Wildman–Crippen LogP) is 2.61. The van der Waals surface area contributed by atoms with Crippen molar-refractivity contribution in [1.82, 2.24) is 0 Å². The smallest absolute Gasteiger partial charge is 0.0853 e. The average Bonchev–Trinajstić information content (AvgIpc) is 2.75. The molecule has 106 valence electrons. The third kappa shape index (κ3) is 2.45. The fraction of sp³-hybridized carbons (Fsp3) is 1.00. The van der Waals surface area contributed by atoms with Gasteiger partial charge in [-0.15, -0.1) is 0 Å². The first-order valence-corrected chi connectivity index (χ1v) is 7.44. The van der Waals surface area contributed by atoms with Crippen molar-refractivity contribution in [3.63, 3.8) is 0 Å². The van der Waals surface area contributed by atoms with Crippen molar-refractivity contribution in [1.29, 1.82) is 0 Å². The van der Waals surface area contributed by atoms with Gasteiger partial charge in [0.25, 0.3) is 0 Å². The molecule has 2 rings (SSSR count). The maximum Gasteiger partial charge on any atom is 0.0853 e. The van der Waals surface area contributed by atoms with Crippen molar-refractivity contribution in [3.05, 3.63) is 0 Å². The second-order valence-electron chi connectivity index (χ2n) is 6.28. The summed E-state index contributed by atoms with van der Waals surface area (Å²) in [4.78, 5) is 0. The molecular weight excluding hydrogens is 228 g/mol. The molecular formula is C15H28O3. The van der Waals surface area contributed by atoms with Gasteiger partial charge < -0.3 is 14.6 Å². The highest BCUT2D eigenvalue weighted by Crippen LogP contribution is 2.39. The summed E-state index contributed by atoms with van der Waals surface area (Å²) < 4.78 is 11.9. The predicted molar refractivity (Wildman–Crippen MR) is 71.4 cm³/mol. The Balaban J connectivity index is 2.00. The van der Waals surface area contributed by atoms with Gasteiger partial charge in [0.1, 0.15) is 0 Å². The van der Waals surface area contributed by atoms with Gasteiger partial charge in [-0.3, -0.25) is 0 Å². The van der Waals surface area contributed by atoms with Crippen LogP contribution in [-0.2, 0) is 9.47 Å². The normalized spacial score (nSPS) is 53.0. The Morgan fingerprint density at radius 2 is 1.50 bits per heavy atom. The fourth-order valence-corrected chi connectivity index (χ4v) is 3.54. The van der Waals surface area contributed by atoms with E-state index in [1.807, 2.05) is 6.92 Å². The minimum atomic E-state index is -0.336. The third-order valence-electron chi connectivity index (χ3n) is 5.24. The lowest BCUT2D eigenvalue weighted by molar-refractivity contribution is 0.00441. The van der Waals surface area contributed by atoms with Crippen molar-refractivity contribution < 1.29 is 14.6 Å². The summed E-state index contributed by atoms with van der Waals surface area (Å²) in [5, 5.41) is 10.3. The minimum Gasteiger partial charge on any atom is -0.390 e. The van der Waals surface area contributed by atoms with E-state index in [4.69, 9.17) is 9.47 Å². The number of hydrogen-bond acceptors (Lipinski definition) is 3. The second-order valence-corrected chi connectivity index (χ2v) is 6.28. The summed E-state index contributed by atoms with van der Waals surface area (Å²) >= 11 is 0. The molecule has 0 aromatic rings. The Bertz CT molecular complexity index is 281. The van der Waals surface area contributed by atoms with E-state index in [1.165, 1.54) is 0 Å². The Morgan fingerprint density at radius 3 is 2.00 bits per heavy atom. The van der Waals surface area contributed by atoms with Crippen LogP contribution in [0.3, 0.4) is 0 Å². The molecule has 0 saturated carbocycles. The van der Waals surface area contributed by atoms with E-state index in [1.54, 1.807) is 0 Å². The molecule has 0 aromatic carbocycles. The topological polar surface area (TPSA) is 38.7 Å². The molecule has 2 aliphatic heterocycles. The summed E-state index contributed by atoms with van der Waals surface area (Å²) in [6.45, 7) is 10.8. The van der Waals surface area contributed by atoms with E-state index >= 15 is 0 Å². The van der Waals surface area contributed by atoms with Gasteiger partial charge in [-0.2, -0.15) is 0 Å². The molecule has 2 fully saturated rings. The molecule has 0 amide bonds. The van der Waals surface area contributed by atoms with Crippen molar-refractivity contribution in [2.45, 2.75) is 78.0 Å². The van der Waals surface area contributed by atoms with Gasteiger partial charge >= 0.3 is 0 Å². The molecule has 3 heteroatoms. The number of aliphatic hydroxyl groups is 1. The van der Waals surface area contributed by atoms with E-state index in [0.29, 0.717) is 17.9 Å². The zero-order valence-corrected chi connectivity index (χ0v) is 12.3. The molecule has 18 heavy (non-hydrogen) atoms. The van der Waals surface area contributed by atoms with Crippen LogP contribution in [0.25, 0.3) is 0 Å². The highest BCUT2D eigenvalue weighted by Gasteiger charge is 2.45. The van der Waals surface area contributed by atoms with Crippen molar-refractivity contribution >= 4 is 0 Å². The second kappa shape index (κ2) is 5.48. The van der Waals surface area contributed by atoms with Crippen molar-refractivity contribution in [2.24, 2.45) is 17.8 Å². The molecule has 0 spiro atoms. The summed E-state index contributed by atoms with van der Waals surface area (Å²) in [7, 11) is 0. The van der Waals surface area contributed by atoms with Gasteiger partial charge in [0, 0.05) is 5.92 Å². The summed E-state index contributed by atoms with van der Waals surface area (Å²) in [5.74, 6) is 1.41. The number of rotatable bonds is 3. The lowest BCUT2D eigenvalue weighted by Gasteiger charge is -2.25. The molecule has 0 aromatic heterocycles. The largest absolute Gasteiger partial charge is 0.390 e. The Labute approximate surface area is 111 Å². The quantitative estimate of drug-likeness (QED) is 0.843. The first-order valence-electron chi connectivity index (χ1n) is 7.44. The molecule has 8 unspecified atom stereocenters. The Morgan fingerprint density at radius 1 is 0.889 bits per heavy atom. The fourth-order valence-electron chi connectivity index (χ4n) is 3.54. The first-order chi connectivity index (χ1) is 8.45. The minimum absolute atomic E-state index is 0.0356. The summed E-state index contributed by atoms with van der Waals surface area (Å²) in [6, 6.07) is 0. The van der Waals surface area contributed by atoms with E-state index in [2.05, 4.69) is 27.7 Å². The molecule has 0 bridgehead atoms. The van der Waals surface area contributed by atoms with Gasteiger partial charge in [-0.1, -0.05) is 20.8 Å². The molecule has 8 atom stereocenters.